The van der Waals surface area contributed by atoms with E-state index in [4.69, 9.17) is 46.4 Å². The third kappa shape index (κ3) is 4.94. The van der Waals surface area contributed by atoms with E-state index in [0.717, 1.165) is 6.07 Å². The van der Waals surface area contributed by atoms with Crippen LogP contribution in [0.2, 0.25) is 20.1 Å². The number of rotatable bonds is 6. The Morgan fingerprint density at radius 2 is 1.58 bits per heavy atom. The van der Waals surface area contributed by atoms with Gasteiger partial charge < -0.3 is 5.32 Å². The molecule has 0 aliphatic rings. The Bertz CT molecular complexity index is 1230. The first-order chi connectivity index (χ1) is 14.7. The van der Waals surface area contributed by atoms with Crippen molar-refractivity contribution >= 4 is 73.7 Å². The van der Waals surface area contributed by atoms with Crippen LogP contribution in [-0.2, 0) is 10.0 Å². The molecule has 0 aliphatic heterocycles. The minimum Gasteiger partial charge on any atom is -0.321 e. The largest absolute Gasteiger partial charge is 0.321 e. The van der Waals surface area contributed by atoms with Crippen molar-refractivity contribution < 1.29 is 13.2 Å². The van der Waals surface area contributed by atoms with Crippen LogP contribution in [0.15, 0.2) is 65.6 Å². The number of halogens is 4. The average Bonchev–Trinajstić information content (AvgIpc) is 2.72. The molecule has 0 fully saturated rings. The van der Waals surface area contributed by atoms with Gasteiger partial charge in [0.05, 0.1) is 37.0 Å². The summed E-state index contributed by atoms with van der Waals surface area (Å²) in [5.74, 6) is -0.662. The minimum atomic E-state index is -4.08. The lowest BCUT2D eigenvalue weighted by Gasteiger charge is -2.24. The predicted molar refractivity (Wildman–Crippen MR) is 128 cm³/mol. The quantitative estimate of drug-likeness (QED) is 0.392. The fourth-order valence-electron chi connectivity index (χ4n) is 2.90. The summed E-state index contributed by atoms with van der Waals surface area (Å²) >= 11 is 24.5. The molecule has 0 saturated heterocycles. The minimum absolute atomic E-state index is 0.0117. The molecule has 1 amide bonds. The summed E-state index contributed by atoms with van der Waals surface area (Å²) in [6, 6.07) is 15.7. The van der Waals surface area contributed by atoms with E-state index in [1.54, 1.807) is 55.5 Å². The number of anilines is 2. The molecule has 0 heterocycles. The zero-order valence-corrected chi connectivity index (χ0v) is 19.9. The van der Waals surface area contributed by atoms with Crippen molar-refractivity contribution in [3.8, 4) is 0 Å². The molecule has 5 nitrogen and oxygen atoms in total. The lowest BCUT2D eigenvalue weighted by atomic mass is 10.2. The summed E-state index contributed by atoms with van der Waals surface area (Å²) < 4.78 is 27.9. The monoisotopic (exact) mass is 516 g/mol. The van der Waals surface area contributed by atoms with Crippen molar-refractivity contribution in [2.75, 3.05) is 16.2 Å². The van der Waals surface area contributed by atoms with Gasteiger partial charge in [0.15, 0.2) is 0 Å². The SMILES string of the molecule is CCN(c1ccccc1)S(=O)(=O)c1cc(C(=O)Nc2cccc(Cl)c2Cl)c(Cl)cc1Cl. The van der Waals surface area contributed by atoms with Gasteiger partial charge in [0.1, 0.15) is 4.90 Å². The molecule has 0 radical (unpaired) electrons. The molecule has 3 aromatic carbocycles. The maximum absolute atomic E-state index is 13.4. The van der Waals surface area contributed by atoms with Crippen LogP contribution in [0.1, 0.15) is 17.3 Å². The number of para-hydroxylation sites is 1. The molecule has 0 spiro atoms. The maximum Gasteiger partial charge on any atom is 0.265 e. The fourth-order valence-corrected chi connectivity index (χ4v) is 5.55. The molecule has 0 saturated carbocycles. The first-order valence-corrected chi connectivity index (χ1v) is 11.9. The van der Waals surface area contributed by atoms with Gasteiger partial charge in [-0.05, 0) is 43.3 Å². The van der Waals surface area contributed by atoms with Crippen LogP contribution in [0.4, 0.5) is 11.4 Å². The van der Waals surface area contributed by atoms with Crippen molar-refractivity contribution in [2.24, 2.45) is 0 Å². The Labute approximate surface area is 200 Å². The normalized spacial score (nSPS) is 11.3. The van der Waals surface area contributed by atoms with Crippen molar-refractivity contribution in [1.29, 1.82) is 0 Å². The standard InChI is InChI=1S/C21H16Cl4N2O3S/c1-2-27(13-7-4-3-5-8-13)31(29,30)19-11-14(16(23)12-17(19)24)21(28)26-18-10-6-9-15(22)20(18)25/h3-12H,2H2,1H3,(H,26,28). The molecular weight excluding hydrogens is 502 g/mol. The maximum atomic E-state index is 13.4. The third-order valence-corrected chi connectivity index (χ3v) is 7.86. The molecule has 0 bridgehead atoms. The van der Waals surface area contributed by atoms with Crippen molar-refractivity contribution in [3.05, 3.63) is 86.3 Å². The third-order valence-electron chi connectivity index (χ3n) is 4.37. The van der Waals surface area contributed by atoms with Gasteiger partial charge in [-0.2, -0.15) is 0 Å². The zero-order valence-electron chi connectivity index (χ0n) is 16.1. The molecule has 0 atom stereocenters. The first-order valence-electron chi connectivity index (χ1n) is 8.99. The summed E-state index contributed by atoms with van der Waals surface area (Å²) in [7, 11) is -4.08. The van der Waals surface area contributed by atoms with Crippen LogP contribution in [0, 0.1) is 0 Å². The van der Waals surface area contributed by atoms with E-state index in [1.807, 2.05) is 0 Å². The Hall–Kier alpha value is -1.96. The molecular formula is C21H16Cl4N2O3S. The molecule has 162 valence electrons. The van der Waals surface area contributed by atoms with Crippen LogP contribution >= 0.6 is 46.4 Å². The van der Waals surface area contributed by atoms with Gasteiger partial charge in [-0.3, -0.25) is 9.10 Å². The number of nitrogens with zero attached hydrogens (tertiary/aromatic N) is 1. The molecule has 1 N–H and O–H groups in total. The smallest absolute Gasteiger partial charge is 0.265 e. The Morgan fingerprint density at radius 3 is 2.23 bits per heavy atom. The van der Waals surface area contributed by atoms with E-state index in [9.17, 15) is 13.2 Å². The zero-order chi connectivity index (χ0) is 22.8. The Kier molecular flexibility index (Phi) is 7.39. The number of sulfonamides is 1. The molecule has 0 aliphatic carbocycles. The van der Waals surface area contributed by atoms with Gasteiger partial charge in [-0.25, -0.2) is 8.42 Å². The highest BCUT2D eigenvalue weighted by molar-refractivity contribution is 7.93. The first kappa shape index (κ1) is 23.7. The number of carbonyl (C=O) groups excluding carboxylic acids is 1. The number of benzene rings is 3. The van der Waals surface area contributed by atoms with Gasteiger partial charge in [0.25, 0.3) is 15.9 Å². The fraction of sp³-hybridized carbons (Fsp3) is 0.0952. The molecule has 10 heteroatoms. The molecule has 31 heavy (non-hydrogen) atoms. The van der Waals surface area contributed by atoms with Crippen molar-refractivity contribution in [1.82, 2.24) is 0 Å². The topological polar surface area (TPSA) is 66.5 Å². The van der Waals surface area contributed by atoms with Gasteiger partial charge in [-0.1, -0.05) is 70.7 Å². The van der Waals surface area contributed by atoms with E-state index in [0.29, 0.717) is 5.69 Å². The Morgan fingerprint density at radius 1 is 0.903 bits per heavy atom. The van der Waals surface area contributed by atoms with Crippen LogP contribution < -0.4 is 9.62 Å². The molecule has 0 unspecified atom stereocenters. The number of hydrogen-bond acceptors (Lipinski definition) is 3. The number of amides is 1. The van der Waals surface area contributed by atoms with Gasteiger partial charge in [0, 0.05) is 6.54 Å². The predicted octanol–water partition coefficient (Wildman–Crippen LogP) is 6.77. The van der Waals surface area contributed by atoms with Crippen LogP contribution in [0.25, 0.3) is 0 Å². The summed E-state index contributed by atoms with van der Waals surface area (Å²) in [6.45, 7) is 1.86. The van der Waals surface area contributed by atoms with Crippen LogP contribution in [0.3, 0.4) is 0 Å². The lowest BCUT2D eigenvalue weighted by molar-refractivity contribution is 0.102. The van der Waals surface area contributed by atoms with Gasteiger partial charge in [0.2, 0.25) is 0 Å². The van der Waals surface area contributed by atoms with Gasteiger partial charge >= 0.3 is 0 Å². The summed E-state index contributed by atoms with van der Waals surface area (Å²) in [4.78, 5) is 12.6. The van der Waals surface area contributed by atoms with E-state index >= 15 is 0 Å². The van der Waals surface area contributed by atoms with Crippen LogP contribution in [-0.4, -0.2) is 20.9 Å². The van der Waals surface area contributed by atoms with E-state index in [1.165, 1.54) is 10.4 Å². The highest BCUT2D eigenvalue weighted by Crippen LogP contribution is 2.34. The summed E-state index contributed by atoms with van der Waals surface area (Å²) in [5, 5.41) is 2.88. The number of carbonyl (C=O) groups is 1. The number of nitrogens with one attached hydrogen (secondary N) is 1. The summed E-state index contributed by atoms with van der Waals surface area (Å²) in [6.07, 6.45) is 0. The van der Waals surface area contributed by atoms with Gasteiger partial charge in [-0.15, -0.1) is 0 Å². The number of hydrogen-bond donors (Lipinski definition) is 1. The van der Waals surface area contributed by atoms with Crippen molar-refractivity contribution in [2.45, 2.75) is 11.8 Å². The van der Waals surface area contributed by atoms with E-state index in [2.05, 4.69) is 5.32 Å². The molecule has 0 aromatic heterocycles. The lowest BCUT2D eigenvalue weighted by Crippen LogP contribution is -2.31. The highest BCUT2D eigenvalue weighted by atomic mass is 35.5. The van der Waals surface area contributed by atoms with Crippen molar-refractivity contribution in [3.63, 3.8) is 0 Å². The average molecular weight is 518 g/mol. The molecule has 3 aromatic rings. The van der Waals surface area contributed by atoms with E-state index in [-0.39, 0.29) is 42.8 Å². The highest BCUT2D eigenvalue weighted by Gasteiger charge is 2.28. The van der Waals surface area contributed by atoms with Crippen LogP contribution in [0.5, 0.6) is 0 Å². The second kappa shape index (κ2) is 9.67. The Balaban J connectivity index is 2.04. The second-order valence-electron chi connectivity index (χ2n) is 6.32. The summed E-state index contributed by atoms with van der Waals surface area (Å²) in [5.41, 5.74) is 0.645. The molecule has 3 rings (SSSR count). The second-order valence-corrected chi connectivity index (χ2v) is 9.75. The van der Waals surface area contributed by atoms with E-state index < -0.39 is 15.9 Å².